The number of carbonyl (C=O) groups excluding carboxylic acids is 2. The molecule has 0 fully saturated rings. The predicted molar refractivity (Wildman–Crippen MR) is 59.9 cm³/mol. The van der Waals surface area contributed by atoms with Gasteiger partial charge in [-0.3, -0.25) is 9.59 Å². The van der Waals surface area contributed by atoms with Crippen LogP contribution in [-0.4, -0.2) is 50.7 Å². The van der Waals surface area contributed by atoms with Crippen molar-refractivity contribution in [3.05, 3.63) is 0 Å². The van der Waals surface area contributed by atoms with Gasteiger partial charge in [-0.25, -0.2) is 0 Å². The molecule has 0 aromatic rings. The fourth-order valence-corrected chi connectivity index (χ4v) is 1.34. The molecule has 0 aliphatic heterocycles. The van der Waals surface area contributed by atoms with E-state index in [0.717, 1.165) is 0 Å². The quantitative estimate of drug-likeness (QED) is 0.629. The summed E-state index contributed by atoms with van der Waals surface area (Å²) in [6.45, 7) is 4.30. The van der Waals surface area contributed by atoms with Gasteiger partial charge in [-0.2, -0.15) is 0 Å². The molecule has 0 bridgehead atoms. The van der Waals surface area contributed by atoms with Crippen LogP contribution in [-0.2, 0) is 19.1 Å². The van der Waals surface area contributed by atoms with Crippen LogP contribution in [0, 0.1) is 5.92 Å². The van der Waals surface area contributed by atoms with Crippen LogP contribution in [0.2, 0.25) is 0 Å². The topological polar surface area (TPSA) is 55.8 Å². The average molecular weight is 231 g/mol. The van der Waals surface area contributed by atoms with E-state index in [-0.39, 0.29) is 23.9 Å². The van der Waals surface area contributed by atoms with Crippen LogP contribution in [0.4, 0.5) is 0 Å². The average Bonchev–Trinajstić information content (AvgIpc) is 2.32. The number of rotatable bonds is 6. The summed E-state index contributed by atoms with van der Waals surface area (Å²) in [6, 6.07) is 0.0251. The van der Waals surface area contributed by atoms with Gasteiger partial charge in [0, 0.05) is 12.6 Å². The van der Waals surface area contributed by atoms with Crippen molar-refractivity contribution < 1.29 is 19.1 Å². The molecule has 5 heteroatoms. The molecule has 0 heterocycles. The molecule has 0 N–H and O–H groups in total. The highest BCUT2D eigenvalue weighted by Gasteiger charge is 2.24. The molecule has 16 heavy (non-hydrogen) atoms. The van der Waals surface area contributed by atoms with Gasteiger partial charge < -0.3 is 14.4 Å². The van der Waals surface area contributed by atoms with Gasteiger partial charge in [0.2, 0.25) is 0 Å². The Bertz CT molecular complexity index is 242. The third kappa shape index (κ3) is 4.61. The maximum atomic E-state index is 11.3. The van der Waals surface area contributed by atoms with E-state index in [2.05, 4.69) is 9.47 Å². The molecule has 0 aromatic carbocycles. The van der Waals surface area contributed by atoms with Gasteiger partial charge in [-0.05, 0) is 14.0 Å². The Morgan fingerprint density at radius 3 is 2.19 bits per heavy atom. The maximum Gasteiger partial charge on any atom is 0.309 e. The smallest absolute Gasteiger partial charge is 0.309 e. The monoisotopic (exact) mass is 231 g/mol. The van der Waals surface area contributed by atoms with E-state index in [9.17, 15) is 9.59 Å². The highest BCUT2D eigenvalue weighted by atomic mass is 16.5. The Hall–Kier alpha value is -1.10. The molecule has 0 spiro atoms. The van der Waals surface area contributed by atoms with E-state index in [1.165, 1.54) is 14.2 Å². The minimum Gasteiger partial charge on any atom is -0.469 e. The Morgan fingerprint density at radius 2 is 1.75 bits per heavy atom. The van der Waals surface area contributed by atoms with E-state index in [4.69, 9.17) is 0 Å². The number of hydrogen-bond donors (Lipinski definition) is 0. The lowest BCUT2D eigenvalue weighted by atomic mass is 10.0. The van der Waals surface area contributed by atoms with Crippen molar-refractivity contribution in [2.24, 2.45) is 5.92 Å². The molecule has 0 aliphatic carbocycles. The fourth-order valence-electron chi connectivity index (χ4n) is 1.34. The summed E-state index contributed by atoms with van der Waals surface area (Å²) >= 11 is 0. The third-order valence-electron chi connectivity index (χ3n) is 2.89. The van der Waals surface area contributed by atoms with E-state index < -0.39 is 0 Å². The molecular weight excluding hydrogens is 210 g/mol. The SMILES string of the molecule is COC(=O)CCN(C)C(C)C(C)C(=O)OC. The molecule has 5 nitrogen and oxygen atoms in total. The molecule has 0 saturated carbocycles. The Balaban J connectivity index is 4.12. The van der Waals surface area contributed by atoms with Gasteiger partial charge in [0.25, 0.3) is 0 Å². The van der Waals surface area contributed by atoms with Crippen LogP contribution in [0.25, 0.3) is 0 Å². The van der Waals surface area contributed by atoms with Gasteiger partial charge in [0.15, 0.2) is 0 Å². The molecular formula is C11H21NO4. The first-order valence-electron chi connectivity index (χ1n) is 5.28. The number of ether oxygens (including phenoxy) is 2. The number of esters is 2. The predicted octanol–water partition coefficient (Wildman–Crippen LogP) is 0.679. The third-order valence-corrected chi connectivity index (χ3v) is 2.89. The van der Waals surface area contributed by atoms with E-state index >= 15 is 0 Å². The molecule has 2 unspecified atom stereocenters. The van der Waals surface area contributed by atoms with Crippen molar-refractivity contribution >= 4 is 11.9 Å². The fraction of sp³-hybridized carbons (Fsp3) is 0.818. The van der Waals surface area contributed by atoms with Crippen molar-refractivity contribution in [3.63, 3.8) is 0 Å². The Labute approximate surface area is 96.7 Å². The Morgan fingerprint density at radius 1 is 1.19 bits per heavy atom. The Kier molecular flexibility index (Phi) is 6.72. The van der Waals surface area contributed by atoms with Gasteiger partial charge in [-0.1, -0.05) is 6.92 Å². The van der Waals surface area contributed by atoms with Gasteiger partial charge in [0.05, 0.1) is 26.6 Å². The minimum absolute atomic E-state index is 0.0251. The van der Waals surface area contributed by atoms with Gasteiger partial charge in [-0.15, -0.1) is 0 Å². The molecule has 2 atom stereocenters. The summed E-state index contributed by atoms with van der Waals surface area (Å²) in [4.78, 5) is 24.2. The first-order valence-corrected chi connectivity index (χ1v) is 5.28. The van der Waals surface area contributed by atoms with E-state index in [1.54, 1.807) is 0 Å². The van der Waals surface area contributed by atoms with Gasteiger partial charge >= 0.3 is 11.9 Å². The van der Waals surface area contributed by atoms with E-state index in [1.807, 2.05) is 25.8 Å². The number of hydrogen-bond acceptors (Lipinski definition) is 5. The summed E-state index contributed by atoms with van der Waals surface area (Å²) < 4.78 is 9.23. The van der Waals surface area contributed by atoms with Crippen molar-refractivity contribution in [1.82, 2.24) is 4.90 Å². The number of carbonyl (C=O) groups is 2. The largest absolute Gasteiger partial charge is 0.469 e. The highest BCUT2D eigenvalue weighted by molar-refractivity contribution is 5.72. The zero-order valence-electron chi connectivity index (χ0n) is 10.6. The second kappa shape index (κ2) is 7.22. The van der Waals surface area contributed by atoms with Crippen molar-refractivity contribution in [2.75, 3.05) is 27.8 Å². The maximum absolute atomic E-state index is 11.3. The first-order chi connectivity index (χ1) is 7.43. The molecule has 0 radical (unpaired) electrons. The summed E-state index contributed by atoms with van der Waals surface area (Å²) in [5, 5.41) is 0. The van der Waals surface area contributed by atoms with Gasteiger partial charge in [0.1, 0.15) is 0 Å². The summed E-state index contributed by atoms with van der Waals surface area (Å²) in [6.07, 6.45) is 0.325. The number of nitrogens with zero attached hydrogens (tertiary/aromatic N) is 1. The zero-order chi connectivity index (χ0) is 12.7. The van der Waals surface area contributed by atoms with Crippen molar-refractivity contribution in [3.8, 4) is 0 Å². The van der Waals surface area contributed by atoms with Crippen LogP contribution < -0.4 is 0 Å². The van der Waals surface area contributed by atoms with Crippen LogP contribution in [0.3, 0.4) is 0 Å². The minimum atomic E-state index is -0.246. The first kappa shape index (κ1) is 14.9. The second-order valence-corrected chi connectivity index (χ2v) is 3.86. The zero-order valence-corrected chi connectivity index (χ0v) is 10.6. The second-order valence-electron chi connectivity index (χ2n) is 3.86. The van der Waals surface area contributed by atoms with Crippen LogP contribution >= 0.6 is 0 Å². The van der Waals surface area contributed by atoms with Crippen LogP contribution in [0.1, 0.15) is 20.3 Å². The lowest BCUT2D eigenvalue weighted by Gasteiger charge is -2.27. The number of methoxy groups -OCH3 is 2. The highest BCUT2D eigenvalue weighted by Crippen LogP contribution is 2.11. The molecule has 0 rings (SSSR count). The molecule has 0 aromatic heterocycles. The van der Waals surface area contributed by atoms with Crippen molar-refractivity contribution in [2.45, 2.75) is 26.3 Å². The molecule has 94 valence electrons. The van der Waals surface area contributed by atoms with Crippen LogP contribution in [0.5, 0.6) is 0 Å². The van der Waals surface area contributed by atoms with Crippen molar-refractivity contribution in [1.29, 1.82) is 0 Å². The lowest BCUT2D eigenvalue weighted by molar-refractivity contribution is -0.146. The summed E-state index contributed by atoms with van der Waals surface area (Å²) in [7, 11) is 4.61. The van der Waals surface area contributed by atoms with E-state index in [0.29, 0.717) is 13.0 Å². The van der Waals surface area contributed by atoms with Crippen LogP contribution in [0.15, 0.2) is 0 Å². The molecule has 0 saturated heterocycles. The lowest BCUT2D eigenvalue weighted by Crippen LogP contribution is -2.39. The molecule has 0 aliphatic rings. The standard InChI is InChI=1S/C11H21NO4/c1-8(11(14)16-5)9(2)12(3)7-6-10(13)15-4/h8-9H,6-7H2,1-5H3. The normalized spacial score (nSPS) is 14.4. The summed E-state index contributed by atoms with van der Waals surface area (Å²) in [5.41, 5.74) is 0. The molecule has 0 amide bonds. The summed E-state index contributed by atoms with van der Waals surface area (Å²) in [5.74, 6) is -0.699.